The van der Waals surface area contributed by atoms with Crippen molar-refractivity contribution in [3.63, 3.8) is 0 Å². The minimum Gasteiger partial charge on any atom is -0.466 e. The molecule has 2 nitrogen and oxygen atoms in total. The smallest absolute Gasteiger partial charge is 0.331 e. The summed E-state index contributed by atoms with van der Waals surface area (Å²) in [5.74, 6) is -0.453. The van der Waals surface area contributed by atoms with Gasteiger partial charge in [0.25, 0.3) is 0 Å². The highest BCUT2D eigenvalue weighted by Crippen LogP contribution is 2.17. The number of allylic oxidation sites excluding steroid dienone is 2. The molecule has 1 aromatic rings. The van der Waals surface area contributed by atoms with E-state index in [4.69, 9.17) is 11.6 Å². The molecule has 0 amide bonds. The van der Waals surface area contributed by atoms with Crippen LogP contribution in [-0.2, 0) is 9.53 Å². The highest BCUT2D eigenvalue weighted by atomic mass is 35.5. The molecule has 0 bridgehead atoms. The van der Waals surface area contributed by atoms with Crippen LogP contribution in [0.2, 0.25) is 0 Å². The van der Waals surface area contributed by atoms with Gasteiger partial charge in [0.2, 0.25) is 0 Å². The first-order chi connectivity index (χ1) is 7.63. The second kappa shape index (κ2) is 6.13. The van der Waals surface area contributed by atoms with Crippen molar-refractivity contribution in [3.8, 4) is 0 Å². The van der Waals surface area contributed by atoms with Gasteiger partial charge < -0.3 is 4.74 Å². The largest absolute Gasteiger partial charge is 0.466 e. The van der Waals surface area contributed by atoms with E-state index in [2.05, 4.69) is 4.74 Å². The zero-order valence-corrected chi connectivity index (χ0v) is 9.99. The number of halogens is 1. The zero-order valence-electron chi connectivity index (χ0n) is 9.24. The van der Waals surface area contributed by atoms with Crippen LogP contribution in [0.3, 0.4) is 0 Å². The predicted molar refractivity (Wildman–Crippen MR) is 66.0 cm³/mol. The Morgan fingerprint density at radius 2 is 1.94 bits per heavy atom. The van der Waals surface area contributed by atoms with E-state index in [9.17, 15) is 4.79 Å². The summed E-state index contributed by atoms with van der Waals surface area (Å²) >= 11 is 5.95. The molecule has 1 aromatic carbocycles. The topological polar surface area (TPSA) is 26.3 Å². The Balaban J connectivity index is 2.86. The lowest BCUT2D eigenvalue weighted by Crippen LogP contribution is -1.95. The third-order valence-corrected chi connectivity index (χ3v) is 2.41. The molecule has 0 unspecified atom stereocenters. The molecule has 3 heteroatoms. The first-order valence-electron chi connectivity index (χ1n) is 4.82. The number of ether oxygens (including phenoxy) is 1. The van der Waals surface area contributed by atoms with Gasteiger partial charge in [-0.1, -0.05) is 48.0 Å². The third kappa shape index (κ3) is 3.91. The van der Waals surface area contributed by atoms with Crippen LogP contribution in [0.5, 0.6) is 0 Å². The number of methoxy groups -OCH3 is 1. The summed E-state index contributed by atoms with van der Waals surface area (Å²) in [5, 5.41) is 0.385. The molecule has 0 heterocycles. The summed E-state index contributed by atoms with van der Waals surface area (Å²) in [6.45, 7) is 1.84. The van der Waals surface area contributed by atoms with Crippen LogP contribution in [0, 0.1) is 0 Å². The Kier molecular flexibility index (Phi) is 4.80. The molecule has 0 aromatic heterocycles. The molecule has 1 rings (SSSR count). The highest BCUT2D eigenvalue weighted by Gasteiger charge is 2.00. The predicted octanol–water partition coefficient (Wildman–Crippen LogP) is 3.39. The zero-order chi connectivity index (χ0) is 12.0. The number of rotatable bonds is 3. The van der Waals surface area contributed by atoms with Gasteiger partial charge in [-0.05, 0) is 18.1 Å². The molecule has 84 valence electrons. The average molecular weight is 237 g/mol. The average Bonchev–Trinajstić information content (AvgIpc) is 2.30. The third-order valence-electron chi connectivity index (χ3n) is 2.01. The first-order valence-corrected chi connectivity index (χ1v) is 5.20. The number of hydrogen-bond acceptors (Lipinski definition) is 2. The quantitative estimate of drug-likeness (QED) is 0.457. The lowest BCUT2D eigenvalue weighted by atomic mass is 10.1. The van der Waals surface area contributed by atoms with Gasteiger partial charge in [0.15, 0.2) is 0 Å². The van der Waals surface area contributed by atoms with Gasteiger partial charge in [-0.15, -0.1) is 0 Å². The molecule has 0 aliphatic heterocycles. The lowest BCUT2D eigenvalue weighted by molar-refractivity contribution is -0.134. The Bertz CT molecular complexity index is 419. The maximum absolute atomic E-state index is 11.0. The minimum atomic E-state index is -0.453. The second-order valence-corrected chi connectivity index (χ2v) is 3.66. The molecule has 16 heavy (non-hydrogen) atoms. The van der Waals surface area contributed by atoms with Crippen molar-refractivity contribution in [2.45, 2.75) is 6.92 Å². The molecule has 0 saturated carbocycles. The molecule has 0 aliphatic rings. The van der Waals surface area contributed by atoms with Gasteiger partial charge in [0.1, 0.15) is 0 Å². The van der Waals surface area contributed by atoms with Crippen LogP contribution < -0.4 is 0 Å². The van der Waals surface area contributed by atoms with Crippen LogP contribution in [0.4, 0.5) is 0 Å². The summed E-state index contributed by atoms with van der Waals surface area (Å²) in [7, 11) is 1.32. The summed E-state index contributed by atoms with van der Waals surface area (Å²) in [6, 6.07) is 9.75. The molecular weight excluding hydrogens is 224 g/mol. The van der Waals surface area contributed by atoms with E-state index in [-0.39, 0.29) is 0 Å². The van der Waals surface area contributed by atoms with Gasteiger partial charge in [0, 0.05) is 6.08 Å². The molecule has 0 N–H and O–H groups in total. The monoisotopic (exact) mass is 236 g/mol. The molecule has 0 aliphatic carbocycles. The van der Waals surface area contributed by atoms with E-state index in [1.807, 2.05) is 43.3 Å². The summed E-state index contributed by atoms with van der Waals surface area (Å²) in [6.07, 6.45) is 3.16. The number of esters is 1. The van der Waals surface area contributed by atoms with Crippen molar-refractivity contribution >= 4 is 23.6 Å². The van der Waals surface area contributed by atoms with Crippen molar-refractivity contribution in [1.29, 1.82) is 0 Å². The van der Waals surface area contributed by atoms with E-state index < -0.39 is 5.97 Å². The fourth-order valence-corrected chi connectivity index (χ4v) is 1.29. The van der Waals surface area contributed by atoms with Crippen molar-refractivity contribution in [2.75, 3.05) is 7.11 Å². The van der Waals surface area contributed by atoms with Gasteiger partial charge in [-0.25, -0.2) is 4.79 Å². The Morgan fingerprint density at radius 1 is 1.31 bits per heavy atom. The molecular formula is C13H13ClO2. The standard InChI is InChI=1S/C13H13ClO2/c1-10(12(14)9-13(15)16-2)8-11-6-4-3-5-7-11/h3-9H,1-2H3/b10-8+,12-9-. The molecule has 0 spiro atoms. The molecule has 0 atom stereocenters. The summed E-state index contributed by atoms with van der Waals surface area (Å²) < 4.78 is 4.49. The summed E-state index contributed by atoms with van der Waals surface area (Å²) in [5.41, 5.74) is 1.86. The van der Waals surface area contributed by atoms with E-state index in [0.29, 0.717) is 5.03 Å². The maximum atomic E-state index is 11.0. The van der Waals surface area contributed by atoms with Crippen molar-refractivity contribution < 1.29 is 9.53 Å². The van der Waals surface area contributed by atoms with E-state index >= 15 is 0 Å². The number of carbonyl (C=O) groups is 1. The van der Waals surface area contributed by atoms with Gasteiger partial charge in [-0.2, -0.15) is 0 Å². The van der Waals surface area contributed by atoms with E-state index in [1.54, 1.807) is 0 Å². The molecule has 0 radical (unpaired) electrons. The Hall–Kier alpha value is -1.54. The Labute approximate surface area is 100 Å². The second-order valence-electron chi connectivity index (χ2n) is 3.25. The summed E-state index contributed by atoms with van der Waals surface area (Å²) in [4.78, 5) is 11.0. The first kappa shape index (κ1) is 12.5. The fourth-order valence-electron chi connectivity index (χ4n) is 1.14. The van der Waals surface area contributed by atoms with Gasteiger partial charge in [0.05, 0.1) is 12.1 Å². The number of carbonyl (C=O) groups excluding carboxylic acids is 1. The van der Waals surface area contributed by atoms with Crippen molar-refractivity contribution in [3.05, 3.63) is 52.6 Å². The SMILES string of the molecule is COC(=O)/C=C(Cl)/C(C)=C/c1ccccc1. The molecule has 0 fully saturated rings. The normalized spacial score (nSPS) is 12.4. The fraction of sp³-hybridized carbons (Fsp3) is 0.154. The van der Waals surface area contributed by atoms with E-state index in [0.717, 1.165) is 11.1 Å². The van der Waals surface area contributed by atoms with Gasteiger partial charge in [-0.3, -0.25) is 0 Å². The van der Waals surface area contributed by atoms with Crippen molar-refractivity contribution in [1.82, 2.24) is 0 Å². The van der Waals surface area contributed by atoms with Crippen LogP contribution >= 0.6 is 11.6 Å². The van der Waals surface area contributed by atoms with Crippen LogP contribution in [-0.4, -0.2) is 13.1 Å². The van der Waals surface area contributed by atoms with Crippen LogP contribution in [0.15, 0.2) is 47.0 Å². The number of hydrogen-bond donors (Lipinski definition) is 0. The lowest BCUT2D eigenvalue weighted by Gasteiger charge is -1.99. The number of benzene rings is 1. The minimum absolute atomic E-state index is 0.385. The van der Waals surface area contributed by atoms with E-state index in [1.165, 1.54) is 13.2 Å². The van der Waals surface area contributed by atoms with Gasteiger partial charge >= 0.3 is 5.97 Å². The Morgan fingerprint density at radius 3 is 2.50 bits per heavy atom. The highest BCUT2D eigenvalue weighted by molar-refractivity contribution is 6.33. The van der Waals surface area contributed by atoms with Crippen molar-refractivity contribution in [2.24, 2.45) is 0 Å². The van der Waals surface area contributed by atoms with Crippen LogP contribution in [0.25, 0.3) is 6.08 Å². The van der Waals surface area contributed by atoms with Crippen LogP contribution in [0.1, 0.15) is 12.5 Å². The molecule has 0 saturated heterocycles. The maximum Gasteiger partial charge on any atom is 0.331 e.